The van der Waals surface area contributed by atoms with Crippen LogP contribution in [0.5, 0.6) is 0 Å². The van der Waals surface area contributed by atoms with E-state index in [0.29, 0.717) is 5.95 Å². The van der Waals surface area contributed by atoms with Gasteiger partial charge in [-0.15, -0.1) is 0 Å². The Hall–Kier alpha value is -2.95. The number of nitrogens with zero attached hydrogens (tertiary/aromatic N) is 3. The van der Waals surface area contributed by atoms with Crippen molar-refractivity contribution in [2.24, 2.45) is 0 Å². The Labute approximate surface area is 129 Å². The highest BCUT2D eigenvalue weighted by Crippen LogP contribution is 2.16. The molecule has 0 radical (unpaired) electrons. The summed E-state index contributed by atoms with van der Waals surface area (Å²) in [6.07, 6.45) is 5.27. The van der Waals surface area contributed by atoms with Crippen LogP contribution < -0.4 is 10.6 Å². The largest absolute Gasteiger partial charge is 0.366 e. The standard InChI is InChI=1S/C17H17N5/c1-13-10-20-17(21-15-8-5-9-18-12-15)22-16(13)19-11-14-6-3-2-4-7-14/h2-10,12H,11H2,1H3,(H2,19,20,21,22). The number of hydrogen-bond donors (Lipinski definition) is 2. The van der Waals surface area contributed by atoms with Gasteiger partial charge in [-0.1, -0.05) is 30.3 Å². The summed E-state index contributed by atoms with van der Waals surface area (Å²) in [5.41, 5.74) is 3.08. The monoisotopic (exact) mass is 291 g/mol. The van der Waals surface area contributed by atoms with Crippen LogP contribution >= 0.6 is 0 Å². The summed E-state index contributed by atoms with van der Waals surface area (Å²) in [7, 11) is 0. The fraction of sp³-hybridized carbons (Fsp3) is 0.118. The summed E-state index contributed by atoms with van der Waals surface area (Å²) in [5, 5.41) is 6.49. The number of nitrogens with one attached hydrogen (secondary N) is 2. The van der Waals surface area contributed by atoms with E-state index in [4.69, 9.17) is 0 Å². The summed E-state index contributed by atoms with van der Waals surface area (Å²) < 4.78 is 0. The van der Waals surface area contributed by atoms with Gasteiger partial charge in [-0.3, -0.25) is 4.98 Å². The lowest BCUT2D eigenvalue weighted by atomic mass is 10.2. The predicted octanol–water partition coefficient (Wildman–Crippen LogP) is 3.54. The molecule has 0 aliphatic heterocycles. The number of rotatable bonds is 5. The van der Waals surface area contributed by atoms with Crippen LogP contribution in [0.4, 0.5) is 17.5 Å². The van der Waals surface area contributed by atoms with Crippen molar-refractivity contribution in [3.63, 3.8) is 0 Å². The molecule has 0 unspecified atom stereocenters. The lowest BCUT2D eigenvalue weighted by Gasteiger charge is -2.11. The van der Waals surface area contributed by atoms with E-state index < -0.39 is 0 Å². The minimum atomic E-state index is 0.550. The first-order valence-corrected chi connectivity index (χ1v) is 7.10. The molecule has 1 aromatic carbocycles. The number of benzene rings is 1. The minimum Gasteiger partial charge on any atom is -0.366 e. The third-order valence-corrected chi connectivity index (χ3v) is 3.19. The number of anilines is 3. The topological polar surface area (TPSA) is 62.7 Å². The molecule has 0 aliphatic carbocycles. The van der Waals surface area contributed by atoms with E-state index in [0.717, 1.165) is 23.6 Å². The SMILES string of the molecule is Cc1cnc(Nc2cccnc2)nc1NCc1ccccc1. The van der Waals surface area contributed by atoms with E-state index in [9.17, 15) is 0 Å². The third kappa shape index (κ3) is 3.58. The van der Waals surface area contributed by atoms with Crippen LogP contribution in [-0.4, -0.2) is 15.0 Å². The van der Waals surface area contributed by atoms with Crippen LogP contribution in [0.15, 0.2) is 61.1 Å². The lowest BCUT2D eigenvalue weighted by molar-refractivity contribution is 1.06. The van der Waals surface area contributed by atoms with Gasteiger partial charge in [0.25, 0.3) is 0 Å². The molecule has 2 heterocycles. The third-order valence-electron chi connectivity index (χ3n) is 3.19. The normalized spacial score (nSPS) is 10.2. The van der Waals surface area contributed by atoms with Crippen LogP contribution in [0.25, 0.3) is 0 Å². The fourth-order valence-corrected chi connectivity index (χ4v) is 2.03. The maximum absolute atomic E-state index is 4.52. The van der Waals surface area contributed by atoms with Crippen LogP contribution in [0.2, 0.25) is 0 Å². The molecule has 0 aliphatic rings. The fourth-order valence-electron chi connectivity index (χ4n) is 2.03. The lowest BCUT2D eigenvalue weighted by Crippen LogP contribution is -2.06. The molecule has 110 valence electrons. The predicted molar refractivity (Wildman–Crippen MR) is 88.1 cm³/mol. The molecule has 5 nitrogen and oxygen atoms in total. The molecule has 0 spiro atoms. The molecule has 0 amide bonds. The second kappa shape index (κ2) is 6.67. The highest BCUT2D eigenvalue weighted by Gasteiger charge is 2.04. The van der Waals surface area contributed by atoms with Crippen molar-refractivity contribution in [2.75, 3.05) is 10.6 Å². The Bertz CT molecular complexity index is 729. The van der Waals surface area contributed by atoms with Crippen molar-refractivity contribution >= 4 is 17.5 Å². The van der Waals surface area contributed by atoms with Crippen molar-refractivity contribution in [2.45, 2.75) is 13.5 Å². The van der Waals surface area contributed by atoms with Gasteiger partial charge in [-0.2, -0.15) is 4.98 Å². The van der Waals surface area contributed by atoms with Gasteiger partial charge < -0.3 is 10.6 Å². The van der Waals surface area contributed by atoms with E-state index >= 15 is 0 Å². The number of aryl methyl sites for hydroxylation is 1. The van der Waals surface area contributed by atoms with Crippen molar-refractivity contribution in [1.29, 1.82) is 0 Å². The molecule has 0 saturated heterocycles. The summed E-state index contributed by atoms with van der Waals surface area (Å²) in [5.74, 6) is 1.37. The summed E-state index contributed by atoms with van der Waals surface area (Å²) in [4.78, 5) is 12.9. The molecule has 2 aromatic heterocycles. The quantitative estimate of drug-likeness (QED) is 0.753. The maximum Gasteiger partial charge on any atom is 0.229 e. The average Bonchev–Trinajstić information content (AvgIpc) is 2.57. The van der Waals surface area contributed by atoms with Gasteiger partial charge in [-0.05, 0) is 24.6 Å². The van der Waals surface area contributed by atoms with Crippen LogP contribution in [0, 0.1) is 6.92 Å². The Morgan fingerprint density at radius 3 is 2.64 bits per heavy atom. The molecule has 0 saturated carbocycles. The molecule has 5 heteroatoms. The van der Waals surface area contributed by atoms with E-state index in [1.165, 1.54) is 5.56 Å². The Morgan fingerprint density at radius 1 is 1.00 bits per heavy atom. The van der Waals surface area contributed by atoms with Gasteiger partial charge in [0.2, 0.25) is 5.95 Å². The zero-order valence-corrected chi connectivity index (χ0v) is 12.3. The highest BCUT2D eigenvalue weighted by atomic mass is 15.1. The molecule has 0 bridgehead atoms. The zero-order chi connectivity index (χ0) is 15.2. The maximum atomic E-state index is 4.52. The van der Waals surface area contributed by atoms with E-state index in [-0.39, 0.29) is 0 Å². The number of hydrogen-bond acceptors (Lipinski definition) is 5. The van der Waals surface area contributed by atoms with Crippen LogP contribution in [0.1, 0.15) is 11.1 Å². The zero-order valence-electron chi connectivity index (χ0n) is 12.3. The molecular formula is C17H17N5. The smallest absolute Gasteiger partial charge is 0.229 e. The Morgan fingerprint density at radius 2 is 1.86 bits per heavy atom. The van der Waals surface area contributed by atoms with Gasteiger partial charge in [0.1, 0.15) is 5.82 Å². The van der Waals surface area contributed by atoms with Crippen molar-refractivity contribution in [3.8, 4) is 0 Å². The van der Waals surface area contributed by atoms with Crippen molar-refractivity contribution in [1.82, 2.24) is 15.0 Å². The van der Waals surface area contributed by atoms with Gasteiger partial charge in [-0.25, -0.2) is 4.98 Å². The minimum absolute atomic E-state index is 0.550. The van der Waals surface area contributed by atoms with Crippen LogP contribution in [-0.2, 0) is 6.54 Å². The van der Waals surface area contributed by atoms with Gasteiger partial charge in [0.05, 0.1) is 11.9 Å². The molecule has 2 N–H and O–H groups in total. The summed E-state index contributed by atoms with van der Waals surface area (Å²) in [6, 6.07) is 14.0. The van der Waals surface area contributed by atoms with Gasteiger partial charge in [0, 0.05) is 24.5 Å². The summed E-state index contributed by atoms with van der Waals surface area (Å²) >= 11 is 0. The molecular weight excluding hydrogens is 274 g/mol. The molecule has 0 atom stereocenters. The Kier molecular flexibility index (Phi) is 4.25. The van der Waals surface area contributed by atoms with Crippen molar-refractivity contribution in [3.05, 3.63) is 72.2 Å². The highest BCUT2D eigenvalue weighted by molar-refractivity contribution is 5.54. The first-order valence-electron chi connectivity index (χ1n) is 7.10. The number of pyridine rings is 1. The van der Waals surface area contributed by atoms with E-state index in [1.54, 1.807) is 18.6 Å². The average molecular weight is 291 g/mol. The first kappa shape index (κ1) is 14.0. The molecule has 0 fully saturated rings. The van der Waals surface area contributed by atoms with Gasteiger partial charge in [0.15, 0.2) is 0 Å². The van der Waals surface area contributed by atoms with Crippen molar-refractivity contribution < 1.29 is 0 Å². The molecule has 22 heavy (non-hydrogen) atoms. The van der Waals surface area contributed by atoms with Gasteiger partial charge >= 0.3 is 0 Å². The summed E-state index contributed by atoms with van der Waals surface area (Å²) in [6.45, 7) is 2.71. The van der Waals surface area contributed by atoms with Crippen LogP contribution in [0.3, 0.4) is 0 Å². The molecule has 3 rings (SSSR count). The number of aromatic nitrogens is 3. The Balaban J connectivity index is 1.72. The second-order valence-electron chi connectivity index (χ2n) is 4.93. The van der Waals surface area contributed by atoms with E-state index in [1.807, 2.05) is 37.3 Å². The second-order valence-corrected chi connectivity index (χ2v) is 4.93. The first-order chi connectivity index (χ1) is 10.8. The molecule has 3 aromatic rings. The van der Waals surface area contributed by atoms with E-state index in [2.05, 4.69) is 37.7 Å².